The predicted molar refractivity (Wildman–Crippen MR) is 78.1 cm³/mol. The van der Waals surface area contributed by atoms with E-state index >= 15 is 0 Å². The second kappa shape index (κ2) is 6.53. The van der Waals surface area contributed by atoms with Crippen molar-refractivity contribution in [2.45, 2.75) is 33.9 Å². The summed E-state index contributed by atoms with van der Waals surface area (Å²) in [6.45, 7) is 7.41. The largest absolute Gasteiger partial charge is 0.228 e. The summed E-state index contributed by atoms with van der Waals surface area (Å²) in [5, 5.41) is 4.81. The zero-order valence-electron chi connectivity index (χ0n) is 10.2. The topological polar surface area (TPSA) is 24.7 Å². The number of rotatable bonds is 4. The standard InChI is InChI=1S/C13H14N2S2/c1-9-4-10(2)13(6-15-8-17)11(3)12(9)5-14-7-16/h4H,5-6H2,1-3H3. The number of aliphatic imine (C=N–C) groups is 2. The number of nitrogens with zero attached hydrogens (tertiary/aromatic N) is 2. The van der Waals surface area contributed by atoms with E-state index in [1.54, 1.807) is 0 Å². The highest BCUT2D eigenvalue weighted by molar-refractivity contribution is 7.78. The lowest BCUT2D eigenvalue weighted by Crippen LogP contribution is -2.00. The highest BCUT2D eigenvalue weighted by Crippen LogP contribution is 2.23. The molecule has 4 heteroatoms. The van der Waals surface area contributed by atoms with Crippen LogP contribution in [0.3, 0.4) is 0 Å². The van der Waals surface area contributed by atoms with Crippen LogP contribution in [0.15, 0.2) is 16.1 Å². The van der Waals surface area contributed by atoms with Crippen LogP contribution in [-0.2, 0) is 13.1 Å². The van der Waals surface area contributed by atoms with Gasteiger partial charge in [0.2, 0.25) is 0 Å². The summed E-state index contributed by atoms with van der Waals surface area (Å²) in [5.74, 6) is 0. The van der Waals surface area contributed by atoms with Gasteiger partial charge in [-0.15, -0.1) is 0 Å². The van der Waals surface area contributed by atoms with Crippen LogP contribution in [0.1, 0.15) is 27.8 Å². The Morgan fingerprint density at radius 3 is 1.71 bits per heavy atom. The highest BCUT2D eigenvalue weighted by atomic mass is 32.1. The Kier molecular flexibility index (Phi) is 5.33. The third kappa shape index (κ3) is 3.39. The molecule has 0 unspecified atom stereocenters. The van der Waals surface area contributed by atoms with Gasteiger partial charge in [0.15, 0.2) is 0 Å². The van der Waals surface area contributed by atoms with Gasteiger partial charge in [0.05, 0.1) is 23.4 Å². The van der Waals surface area contributed by atoms with Crippen LogP contribution < -0.4 is 0 Å². The van der Waals surface area contributed by atoms with Crippen LogP contribution in [0.2, 0.25) is 0 Å². The Balaban J connectivity index is 3.30. The number of hydrogen-bond donors (Lipinski definition) is 0. The molecule has 0 amide bonds. The minimum atomic E-state index is 0.579. The first-order valence-corrected chi connectivity index (χ1v) is 6.09. The molecule has 0 aliphatic carbocycles. The zero-order chi connectivity index (χ0) is 12.8. The molecule has 0 heterocycles. The van der Waals surface area contributed by atoms with Crippen molar-refractivity contribution < 1.29 is 0 Å². The fourth-order valence-corrected chi connectivity index (χ4v) is 2.11. The number of thiocarbonyl (C=S) groups is 2. The highest BCUT2D eigenvalue weighted by Gasteiger charge is 2.09. The van der Waals surface area contributed by atoms with Crippen molar-refractivity contribution in [3.63, 3.8) is 0 Å². The first kappa shape index (κ1) is 13.9. The summed E-state index contributed by atoms with van der Waals surface area (Å²) in [7, 11) is 0. The van der Waals surface area contributed by atoms with Gasteiger partial charge in [0, 0.05) is 0 Å². The Bertz CT molecular complexity index is 478. The number of isothiocyanates is 2. The quantitative estimate of drug-likeness (QED) is 0.608. The smallest absolute Gasteiger partial charge is 0.0748 e. The van der Waals surface area contributed by atoms with E-state index in [2.05, 4.69) is 71.6 Å². The van der Waals surface area contributed by atoms with Crippen molar-refractivity contribution in [2.75, 3.05) is 0 Å². The molecular weight excluding hydrogens is 248 g/mol. The molecule has 0 N–H and O–H groups in total. The lowest BCUT2D eigenvalue weighted by atomic mass is 9.93. The van der Waals surface area contributed by atoms with Crippen molar-refractivity contribution >= 4 is 34.8 Å². The third-order valence-corrected chi connectivity index (χ3v) is 3.15. The predicted octanol–water partition coefficient (Wildman–Crippen LogP) is 3.82. The SMILES string of the molecule is Cc1cc(C)c(CN=C=S)c(C)c1CN=C=S. The van der Waals surface area contributed by atoms with Gasteiger partial charge >= 0.3 is 0 Å². The number of aryl methyl sites for hydroxylation is 2. The van der Waals surface area contributed by atoms with E-state index in [1.807, 2.05) is 0 Å². The summed E-state index contributed by atoms with van der Waals surface area (Å²) < 4.78 is 0. The molecular formula is C13H14N2S2. The molecule has 0 bridgehead atoms. The van der Waals surface area contributed by atoms with Crippen LogP contribution in [0, 0.1) is 20.8 Å². The summed E-state index contributed by atoms with van der Waals surface area (Å²) in [6, 6.07) is 2.15. The van der Waals surface area contributed by atoms with Crippen LogP contribution >= 0.6 is 24.4 Å². The van der Waals surface area contributed by atoms with Crippen LogP contribution in [0.4, 0.5) is 0 Å². The molecule has 0 atom stereocenters. The maximum absolute atomic E-state index is 4.61. The molecule has 0 spiro atoms. The molecule has 0 aliphatic heterocycles. The molecule has 88 valence electrons. The van der Waals surface area contributed by atoms with Gasteiger partial charge < -0.3 is 0 Å². The number of benzene rings is 1. The molecule has 1 aromatic rings. The van der Waals surface area contributed by atoms with Crippen LogP contribution in [0.5, 0.6) is 0 Å². The van der Waals surface area contributed by atoms with E-state index in [4.69, 9.17) is 0 Å². The molecule has 0 aliphatic rings. The van der Waals surface area contributed by atoms with Crippen molar-refractivity contribution in [3.8, 4) is 0 Å². The first-order valence-electron chi connectivity index (χ1n) is 5.27. The van der Waals surface area contributed by atoms with Crippen molar-refractivity contribution in [1.82, 2.24) is 0 Å². The fraction of sp³-hybridized carbons (Fsp3) is 0.385. The van der Waals surface area contributed by atoms with E-state index in [0.717, 1.165) is 0 Å². The molecule has 17 heavy (non-hydrogen) atoms. The van der Waals surface area contributed by atoms with Crippen molar-refractivity contribution in [3.05, 3.63) is 33.9 Å². The van der Waals surface area contributed by atoms with Gasteiger partial charge in [-0.05, 0) is 73.0 Å². The van der Waals surface area contributed by atoms with Gasteiger partial charge in [-0.25, -0.2) is 9.98 Å². The molecule has 1 aromatic carbocycles. The second-order valence-corrected chi connectivity index (χ2v) is 4.27. The van der Waals surface area contributed by atoms with Crippen molar-refractivity contribution in [1.29, 1.82) is 0 Å². The molecule has 0 aromatic heterocycles. The van der Waals surface area contributed by atoms with Crippen LogP contribution in [-0.4, -0.2) is 10.3 Å². The normalized spacial score (nSPS) is 9.35. The van der Waals surface area contributed by atoms with Crippen molar-refractivity contribution in [2.24, 2.45) is 9.98 Å². The van der Waals surface area contributed by atoms with Gasteiger partial charge in [0.25, 0.3) is 0 Å². The Morgan fingerprint density at radius 1 is 0.941 bits per heavy atom. The molecule has 0 radical (unpaired) electrons. The minimum Gasteiger partial charge on any atom is -0.228 e. The summed E-state index contributed by atoms with van der Waals surface area (Å²) in [4.78, 5) is 8.03. The lowest BCUT2D eigenvalue weighted by Gasteiger charge is -2.14. The van der Waals surface area contributed by atoms with Gasteiger partial charge in [-0.2, -0.15) is 0 Å². The molecule has 1 rings (SSSR count). The summed E-state index contributed by atoms with van der Waals surface area (Å²) in [6.07, 6.45) is 0. The zero-order valence-corrected chi connectivity index (χ0v) is 11.8. The van der Waals surface area contributed by atoms with Gasteiger partial charge in [-0.1, -0.05) is 6.07 Å². The van der Waals surface area contributed by atoms with Gasteiger partial charge in [0.1, 0.15) is 0 Å². The third-order valence-electron chi connectivity index (χ3n) is 2.89. The maximum atomic E-state index is 4.61. The summed E-state index contributed by atoms with van der Waals surface area (Å²) >= 11 is 9.21. The fourth-order valence-electron chi connectivity index (χ4n) is 1.98. The van der Waals surface area contributed by atoms with Crippen LogP contribution in [0.25, 0.3) is 0 Å². The maximum Gasteiger partial charge on any atom is 0.0748 e. The average Bonchev–Trinajstić information content (AvgIpc) is 2.28. The van der Waals surface area contributed by atoms with E-state index in [-0.39, 0.29) is 0 Å². The first-order chi connectivity index (χ1) is 8.11. The molecule has 2 nitrogen and oxygen atoms in total. The van der Waals surface area contributed by atoms with E-state index in [1.165, 1.54) is 27.8 Å². The molecule has 0 fully saturated rings. The monoisotopic (exact) mass is 262 g/mol. The molecule has 0 saturated heterocycles. The second-order valence-electron chi connectivity index (χ2n) is 3.91. The number of hydrogen-bond acceptors (Lipinski definition) is 4. The van der Waals surface area contributed by atoms with E-state index < -0.39 is 0 Å². The van der Waals surface area contributed by atoms with E-state index in [9.17, 15) is 0 Å². The summed E-state index contributed by atoms with van der Waals surface area (Å²) in [5.41, 5.74) is 6.06. The lowest BCUT2D eigenvalue weighted by molar-refractivity contribution is 0.974. The Labute approximate surface area is 112 Å². The molecule has 0 saturated carbocycles. The Morgan fingerprint density at radius 2 is 1.35 bits per heavy atom. The average molecular weight is 262 g/mol. The Hall–Kier alpha value is -1.18. The minimum absolute atomic E-state index is 0.579. The van der Waals surface area contributed by atoms with E-state index in [0.29, 0.717) is 13.1 Å². The van der Waals surface area contributed by atoms with Gasteiger partial charge in [-0.3, -0.25) is 0 Å².